The van der Waals surface area contributed by atoms with Gasteiger partial charge in [0.25, 0.3) is 5.91 Å². The normalized spacial score (nSPS) is 18.5. The fourth-order valence-corrected chi connectivity index (χ4v) is 5.41. The van der Waals surface area contributed by atoms with Gasteiger partial charge >= 0.3 is 6.09 Å². The number of amides is 2. The summed E-state index contributed by atoms with van der Waals surface area (Å²) in [6.45, 7) is 11.7. The molecule has 0 bridgehead atoms. The molecule has 3 rings (SSSR count). The van der Waals surface area contributed by atoms with Crippen molar-refractivity contribution in [1.29, 1.82) is 0 Å². The van der Waals surface area contributed by atoms with Crippen molar-refractivity contribution in [3.63, 3.8) is 0 Å². The van der Waals surface area contributed by atoms with E-state index in [1.807, 2.05) is 0 Å². The van der Waals surface area contributed by atoms with Crippen molar-refractivity contribution in [1.82, 2.24) is 15.3 Å². The zero-order valence-electron chi connectivity index (χ0n) is 20.9. The van der Waals surface area contributed by atoms with Gasteiger partial charge in [-0.3, -0.25) is 14.7 Å². The topological polar surface area (TPSA) is 143 Å². The molecule has 0 aliphatic carbocycles. The maximum absolute atomic E-state index is 13.7. The van der Waals surface area contributed by atoms with Crippen LogP contribution in [0.4, 0.5) is 26.2 Å². The van der Waals surface area contributed by atoms with Gasteiger partial charge < -0.3 is 25.9 Å². The Morgan fingerprint density at radius 1 is 1.39 bits per heavy atom. The second kappa shape index (κ2) is 10.8. The lowest BCUT2D eigenvalue weighted by Crippen LogP contribution is -2.60. The molecular formula is C23H32BrFN6O4Si. The van der Waals surface area contributed by atoms with Gasteiger partial charge in [-0.05, 0) is 53.1 Å². The zero-order valence-corrected chi connectivity index (χ0v) is 23.5. The molecule has 0 spiro atoms. The number of carbonyl (C=O) groups is 2. The van der Waals surface area contributed by atoms with E-state index in [1.165, 1.54) is 23.4 Å². The highest BCUT2D eigenvalue weighted by atomic mass is 79.9. The third-order valence-electron chi connectivity index (χ3n) is 6.66. The molecule has 196 valence electrons. The molecule has 1 saturated heterocycles. The van der Waals surface area contributed by atoms with Gasteiger partial charge in [0.2, 0.25) is 0 Å². The predicted molar refractivity (Wildman–Crippen MR) is 142 cm³/mol. The molecule has 13 heteroatoms. The average molecular weight is 584 g/mol. The van der Waals surface area contributed by atoms with E-state index >= 15 is 0 Å². The molecule has 2 unspecified atom stereocenters. The third-order valence-corrected chi connectivity index (χ3v) is 11.7. The van der Waals surface area contributed by atoms with E-state index in [4.69, 9.17) is 10.2 Å². The van der Waals surface area contributed by atoms with E-state index in [1.54, 1.807) is 0 Å². The quantitative estimate of drug-likeness (QED) is 0.289. The first kappa shape index (κ1) is 28.0. The van der Waals surface area contributed by atoms with Crippen LogP contribution in [0.2, 0.25) is 18.1 Å². The van der Waals surface area contributed by atoms with E-state index in [0.717, 1.165) is 6.07 Å². The molecule has 3 heterocycles. The van der Waals surface area contributed by atoms with Crippen LogP contribution in [0, 0.1) is 5.82 Å². The number of rotatable bonds is 6. The van der Waals surface area contributed by atoms with Crippen LogP contribution in [-0.4, -0.2) is 60.6 Å². The van der Waals surface area contributed by atoms with Gasteiger partial charge in [-0.25, -0.2) is 14.2 Å². The lowest BCUT2D eigenvalue weighted by molar-refractivity contribution is 0.102. The smallest absolute Gasteiger partial charge is 0.412 e. The van der Waals surface area contributed by atoms with Crippen molar-refractivity contribution in [2.24, 2.45) is 0 Å². The average Bonchev–Trinajstić information content (AvgIpc) is 2.77. The highest BCUT2D eigenvalue weighted by Gasteiger charge is 2.44. The van der Waals surface area contributed by atoms with Crippen LogP contribution in [0.3, 0.4) is 0 Å². The van der Waals surface area contributed by atoms with E-state index in [-0.39, 0.29) is 38.5 Å². The lowest BCUT2D eigenvalue weighted by Gasteiger charge is -2.45. The van der Waals surface area contributed by atoms with Crippen LogP contribution in [0.1, 0.15) is 37.7 Å². The van der Waals surface area contributed by atoms with Gasteiger partial charge in [0.05, 0.1) is 35.4 Å². The van der Waals surface area contributed by atoms with Gasteiger partial charge in [0, 0.05) is 18.8 Å². The number of nitrogens with one attached hydrogen (secondary N) is 2. The molecule has 0 radical (unpaired) electrons. The number of pyridine rings is 2. The highest BCUT2D eigenvalue weighted by molar-refractivity contribution is 9.10. The summed E-state index contributed by atoms with van der Waals surface area (Å²) in [6.07, 6.45) is 1.89. The monoisotopic (exact) mass is 582 g/mol. The highest BCUT2D eigenvalue weighted by Crippen LogP contribution is 2.39. The van der Waals surface area contributed by atoms with Crippen LogP contribution >= 0.6 is 15.9 Å². The number of aromatic nitrogens is 2. The first-order chi connectivity index (χ1) is 16.7. The number of nitrogens with zero attached hydrogens (tertiary/aromatic N) is 3. The molecule has 0 aromatic carbocycles. The van der Waals surface area contributed by atoms with Crippen molar-refractivity contribution < 1.29 is 23.5 Å². The van der Waals surface area contributed by atoms with E-state index < -0.39 is 32.2 Å². The standard InChI is InChI=1S/C23H32BrFN6O4Si/c1-23(2,3)36(4,5)35-18-7-9-28-12-17(18)31(22(33)34)16-6-8-27-11-15(16)29-21(32)19-14(26)10-13(25)20(24)30-19/h6,8,10-11,17-18,28H,7,9,12,26H2,1-5H3,(H,29,32)(H,33,34). The number of nitrogen functional groups attached to an aromatic ring is 1. The summed E-state index contributed by atoms with van der Waals surface area (Å²) in [6, 6.07) is 1.95. The summed E-state index contributed by atoms with van der Waals surface area (Å²) < 4.78 is 20.2. The number of carbonyl (C=O) groups excluding carboxylic acids is 1. The van der Waals surface area contributed by atoms with Crippen LogP contribution in [-0.2, 0) is 4.43 Å². The molecule has 1 aliphatic rings. The Morgan fingerprint density at radius 2 is 2.08 bits per heavy atom. The Labute approximate surface area is 219 Å². The Kier molecular flexibility index (Phi) is 8.38. The van der Waals surface area contributed by atoms with E-state index in [0.29, 0.717) is 19.5 Å². The van der Waals surface area contributed by atoms with Crippen LogP contribution < -0.4 is 21.3 Å². The molecule has 2 aromatic heterocycles. The fraction of sp³-hybridized carbons (Fsp3) is 0.478. The molecule has 2 atom stereocenters. The maximum Gasteiger partial charge on any atom is 0.412 e. The SMILES string of the molecule is CC(C)(C)[Si](C)(C)OC1CCNCC1N(C(=O)O)c1ccncc1NC(=O)c1nc(Br)c(F)cc1N. The molecule has 10 nitrogen and oxygen atoms in total. The minimum Gasteiger partial charge on any atom is -0.465 e. The van der Waals surface area contributed by atoms with Gasteiger partial charge in [-0.1, -0.05) is 20.8 Å². The molecule has 1 aliphatic heterocycles. The Hall–Kier alpha value is -2.61. The van der Waals surface area contributed by atoms with Crippen molar-refractivity contribution in [2.75, 3.05) is 29.0 Å². The molecule has 1 fully saturated rings. The molecule has 5 N–H and O–H groups in total. The van der Waals surface area contributed by atoms with Crippen molar-refractivity contribution in [2.45, 2.75) is 57.5 Å². The number of hydrogen-bond acceptors (Lipinski definition) is 7. The molecule has 36 heavy (non-hydrogen) atoms. The molecule has 2 aromatic rings. The zero-order chi connectivity index (χ0) is 26.8. The van der Waals surface area contributed by atoms with Gasteiger partial charge in [-0.2, -0.15) is 0 Å². The third kappa shape index (κ3) is 6.02. The summed E-state index contributed by atoms with van der Waals surface area (Å²) in [7, 11) is -2.20. The summed E-state index contributed by atoms with van der Waals surface area (Å²) in [5, 5.41) is 16.1. The number of piperidine rings is 1. The first-order valence-corrected chi connectivity index (χ1v) is 15.2. The van der Waals surface area contributed by atoms with Crippen molar-refractivity contribution in [3.05, 3.63) is 40.6 Å². The second-order valence-corrected chi connectivity index (χ2v) is 15.7. The Bertz CT molecular complexity index is 1150. The summed E-state index contributed by atoms with van der Waals surface area (Å²) in [5.74, 6) is -1.44. The van der Waals surface area contributed by atoms with Crippen molar-refractivity contribution >= 4 is 53.3 Å². The summed E-state index contributed by atoms with van der Waals surface area (Å²) in [5.41, 5.74) is 5.79. The number of halogens is 2. The van der Waals surface area contributed by atoms with Crippen molar-refractivity contribution in [3.8, 4) is 0 Å². The van der Waals surface area contributed by atoms with Gasteiger partial charge in [-0.15, -0.1) is 0 Å². The molecular weight excluding hydrogens is 551 g/mol. The van der Waals surface area contributed by atoms with Gasteiger partial charge in [0.1, 0.15) is 4.60 Å². The van der Waals surface area contributed by atoms with Crippen LogP contribution in [0.5, 0.6) is 0 Å². The van der Waals surface area contributed by atoms with Crippen LogP contribution in [0.25, 0.3) is 0 Å². The minimum atomic E-state index is -2.20. The second-order valence-electron chi connectivity index (χ2n) is 10.2. The number of anilines is 3. The van der Waals surface area contributed by atoms with Gasteiger partial charge in [0.15, 0.2) is 19.8 Å². The Morgan fingerprint density at radius 3 is 2.72 bits per heavy atom. The largest absolute Gasteiger partial charge is 0.465 e. The van der Waals surface area contributed by atoms with Crippen LogP contribution in [0.15, 0.2) is 29.1 Å². The predicted octanol–water partition coefficient (Wildman–Crippen LogP) is 4.45. The van der Waals surface area contributed by atoms with E-state index in [9.17, 15) is 19.1 Å². The number of carboxylic acid groups (broad SMARTS) is 1. The number of nitrogens with two attached hydrogens (primary N) is 1. The fourth-order valence-electron chi connectivity index (χ4n) is 3.73. The maximum atomic E-state index is 13.7. The Balaban J connectivity index is 1.97. The summed E-state index contributed by atoms with van der Waals surface area (Å²) >= 11 is 2.95. The minimum absolute atomic E-state index is 0.0529. The molecule has 2 amide bonds. The molecule has 0 saturated carbocycles. The lowest BCUT2D eigenvalue weighted by atomic mass is 10.0. The first-order valence-electron chi connectivity index (χ1n) is 11.5. The number of hydrogen-bond donors (Lipinski definition) is 4. The summed E-state index contributed by atoms with van der Waals surface area (Å²) in [4.78, 5) is 34.7. The van der Waals surface area contributed by atoms with E-state index in [2.05, 4.69) is 70.4 Å².